The van der Waals surface area contributed by atoms with E-state index in [2.05, 4.69) is 75.0 Å². The summed E-state index contributed by atoms with van der Waals surface area (Å²) in [6, 6.07) is 12.8. The summed E-state index contributed by atoms with van der Waals surface area (Å²) >= 11 is 0. The molecule has 0 bridgehead atoms. The first-order valence-electron chi connectivity index (χ1n) is 7.22. The fraction of sp³-hybridized carbons (Fsp3) is 0.211. The highest BCUT2D eigenvalue weighted by Gasteiger charge is 2.05. The van der Waals surface area contributed by atoms with E-state index in [4.69, 9.17) is 4.99 Å². The first kappa shape index (κ1) is 13.6. The largest absolute Gasteiger partial charge is 0.350 e. The average Bonchev–Trinajstić information content (AvgIpc) is 2.74. The van der Waals surface area contributed by atoms with Gasteiger partial charge in [-0.1, -0.05) is 29.8 Å². The molecule has 2 nitrogen and oxygen atoms in total. The molecule has 0 saturated carbocycles. The van der Waals surface area contributed by atoms with Gasteiger partial charge >= 0.3 is 0 Å². The smallest absolute Gasteiger partial charge is 0.0688 e. The molecule has 0 fully saturated rings. The molecular weight excluding hydrogens is 256 g/mol. The van der Waals surface area contributed by atoms with Gasteiger partial charge in [-0.05, 0) is 44.0 Å². The number of nitrogens with zero attached hydrogens (tertiary/aromatic N) is 2. The van der Waals surface area contributed by atoms with E-state index in [9.17, 15) is 0 Å². The second-order valence-corrected chi connectivity index (χ2v) is 5.71. The molecule has 0 spiro atoms. The lowest BCUT2D eigenvalue weighted by Gasteiger charge is -2.03. The zero-order valence-corrected chi connectivity index (χ0v) is 13.0. The van der Waals surface area contributed by atoms with Gasteiger partial charge in [-0.25, -0.2) is 0 Å². The second kappa shape index (κ2) is 5.21. The van der Waals surface area contributed by atoms with Gasteiger partial charge in [0.1, 0.15) is 0 Å². The third kappa shape index (κ3) is 2.49. The van der Waals surface area contributed by atoms with Crippen LogP contribution in [0.5, 0.6) is 0 Å². The summed E-state index contributed by atoms with van der Waals surface area (Å²) in [7, 11) is 2.08. The quantitative estimate of drug-likeness (QED) is 0.595. The van der Waals surface area contributed by atoms with Gasteiger partial charge in [0.25, 0.3) is 0 Å². The summed E-state index contributed by atoms with van der Waals surface area (Å²) in [4.78, 5) is 4.73. The molecule has 1 heterocycles. The molecule has 0 amide bonds. The number of aryl methyl sites for hydroxylation is 4. The number of aliphatic imine (C=N–C) groups is 1. The van der Waals surface area contributed by atoms with E-state index < -0.39 is 0 Å². The van der Waals surface area contributed by atoms with Gasteiger partial charge in [-0.2, -0.15) is 0 Å². The van der Waals surface area contributed by atoms with Crippen LogP contribution in [-0.2, 0) is 7.05 Å². The SMILES string of the molecule is Cc1ccc2c(c1)c(C=Nc1c(C)cccc1C)cn2C. The Morgan fingerprint density at radius 2 is 1.71 bits per heavy atom. The summed E-state index contributed by atoms with van der Waals surface area (Å²) < 4.78 is 2.15. The van der Waals surface area contributed by atoms with Crippen molar-refractivity contribution in [3.63, 3.8) is 0 Å². The van der Waals surface area contributed by atoms with Gasteiger partial charge in [0.15, 0.2) is 0 Å². The van der Waals surface area contributed by atoms with Crippen LogP contribution in [0.3, 0.4) is 0 Å². The molecule has 0 radical (unpaired) electrons. The van der Waals surface area contributed by atoms with Crippen LogP contribution in [0.4, 0.5) is 5.69 Å². The van der Waals surface area contributed by atoms with E-state index in [0.717, 1.165) is 5.69 Å². The van der Waals surface area contributed by atoms with E-state index in [1.54, 1.807) is 0 Å². The molecule has 0 saturated heterocycles. The van der Waals surface area contributed by atoms with Crippen LogP contribution in [0.2, 0.25) is 0 Å². The zero-order valence-electron chi connectivity index (χ0n) is 13.0. The van der Waals surface area contributed by atoms with Crippen molar-refractivity contribution in [1.29, 1.82) is 0 Å². The maximum absolute atomic E-state index is 4.73. The highest BCUT2D eigenvalue weighted by Crippen LogP contribution is 2.25. The fourth-order valence-corrected chi connectivity index (χ4v) is 2.78. The average molecular weight is 276 g/mol. The van der Waals surface area contributed by atoms with Gasteiger partial charge in [-0.15, -0.1) is 0 Å². The van der Waals surface area contributed by atoms with Crippen molar-refractivity contribution in [3.05, 3.63) is 64.8 Å². The van der Waals surface area contributed by atoms with Crippen molar-refractivity contribution < 1.29 is 0 Å². The molecule has 2 heteroatoms. The minimum atomic E-state index is 1.07. The van der Waals surface area contributed by atoms with Crippen molar-refractivity contribution in [2.75, 3.05) is 0 Å². The Kier molecular flexibility index (Phi) is 3.38. The Bertz CT molecular complexity index is 818. The second-order valence-electron chi connectivity index (χ2n) is 5.71. The first-order valence-corrected chi connectivity index (χ1v) is 7.22. The van der Waals surface area contributed by atoms with Gasteiger partial charge in [0.05, 0.1) is 5.69 Å². The molecule has 0 aliphatic heterocycles. The van der Waals surface area contributed by atoms with Crippen molar-refractivity contribution in [1.82, 2.24) is 4.57 Å². The third-order valence-electron chi connectivity index (χ3n) is 3.95. The molecular formula is C19H20N2. The summed E-state index contributed by atoms with van der Waals surface area (Å²) in [6.45, 7) is 6.33. The first-order chi connectivity index (χ1) is 10.1. The van der Waals surface area contributed by atoms with Crippen molar-refractivity contribution in [3.8, 4) is 0 Å². The Hall–Kier alpha value is -2.35. The van der Waals surface area contributed by atoms with Crippen LogP contribution in [0.15, 0.2) is 47.6 Å². The van der Waals surface area contributed by atoms with E-state index >= 15 is 0 Å². The lowest BCUT2D eigenvalue weighted by atomic mass is 10.1. The van der Waals surface area contributed by atoms with Crippen LogP contribution in [-0.4, -0.2) is 10.8 Å². The Morgan fingerprint density at radius 1 is 1.00 bits per heavy atom. The number of rotatable bonds is 2. The van der Waals surface area contributed by atoms with Crippen molar-refractivity contribution >= 4 is 22.8 Å². The fourth-order valence-electron chi connectivity index (χ4n) is 2.78. The van der Waals surface area contributed by atoms with Crippen molar-refractivity contribution in [2.45, 2.75) is 20.8 Å². The highest BCUT2D eigenvalue weighted by atomic mass is 14.9. The van der Waals surface area contributed by atoms with Crippen LogP contribution in [0.25, 0.3) is 10.9 Å². The van der Waals surface area contributed by atoms with E-state index in [1.807, 2.05) is 6.21 Å². The predicted octanol–water partition coefficient (Wildman–Crippen LogP) is 4.85. The molecule has 0 unspecified atom stereocenters. The molecule has 0 N–H and O–H groups in total. The minimum absolute atomic E-state index is 1.07. The Balaban J connectivity index is 2.10. The molecule has 0 atom stereocenters. The summed E-state index contributed by atoms with van der Waals surface area (Å²) in [6.07, 6.45) is 4.12. The van der Waals surface area contributed by atoms with E-state index in [-0.39, 0.29) is 0 Å². The van der Waals surface area contributed by atoms with Crippen LogP contribution in [0.1, 0.15) is 22.3 Å². The number of hydrogen-bond acceptors (Lipinski definition) is 1. The maximum atomic E-state index is 4.73. The van der Waals surface area contributed by atoms with Gasteiger partial charge in [0.2, 0.25) is 0 Å². The number of para-hydroxylation sites is 1. The molecule has 3 rings (SSSR count). The van der Waals surface area contributed by atoms with E-state index in [1.165, 1.54) is 33.2 Å². The monoisotopic (exact) mass is 276 g/mol. The van der Waals surface area contributed by atoms with Gasteiger partial charge in [0, 0.05) is 35.9 Å². The molecule has 0 aliphatic rings. The van der Waals surface area contributed by atoms with Crippen LogP contribution < -0.4 is 0 Å². The predicted molar refractivity (Wildman–Crippen MR) is 90.8 cm³/mol. The number of aromatic nitrogens is 1. The Morgan fingerprint density at radius 3 is 2.43 bits per heavy atom. The van der Waals surface area contributed by atoms with Crippen LogP contribution in [0, 0.1) is 20.8 Å². The lowest BCUT2D eigenvalue weighted by molar-refractivity contribution is 0.968. The maximum Gasteiger partial charge on any atom is 0.0688 e. The zero-order chi connectivity index (χ0) is 15.0. The topological polar surface area (TPSA) is 17.3 Å². The minimum Gasteiger partial charge on any atom is -0.350 e. The third-order valence-corrected chi connectivity index (χ3v) is 3.95. The lowest BCUT2D eigenvalue weighted by Crippen LogP contribution is -1.83. The van der Waals surface area contributed by atoms with E-state index in [0.29, 0.717) is 0 Å². The standard InChI is InChI=1S/C19H20N2/c1-13-8-9-18-17(10-13)16(12-21(18)4)11-20-19-14(2)6-5-7-15(19)3/h5-12H,1-4H3. The summed E-state index contributed by atoms with van der Waals surface area (Å²) in [5.74, 6) is 0. The highest BCUT2D eigenvalue weighted by molar-refractivity contribution is 6.00. The molecule has 106 valence electrons. The van der Waals surface area contributed by atoms with Gasteiger partial charge in [-0.3, -0.25) is 4.99 Å². The molecule has 0 aliphatic carbocycles. The Labute approximate surface area is 125 Å². The molecule has 2 aromatic carbocycles. The molecule has 3 aromatic rings. The number of hydrogen-bond donors (Lipinski definition) is 0. The number of benzene rings is 2. The summed E-state index contributed by atoms with van der Waals surface area (Å²) in [5.41, 5.74) is 7.17. The normalized spacial score (nSPS) is 11.6. The molecule has 21 heavy (non-hydrogen) atoms. The van der Waals surface area contributed by atoms with Gasteiger partial charge < -0.3 is 4.57 Å². The molecule has 1 aromatic heterocycles. The number of fused-ring (bicyclic) bond motifs is 1. The van der Waals surface area contributed by atoms with Crippen molar-refractivity contribution in [2.24, 2.45) is 12.0 Å². The summed E-state index contributed by atoms with van der Waals surface area (Å²) in [5, 5.41) is 1.26. The van der Waals surface area contributed by atoms with Crippen LogP contribution >= 0.6 is 0 Å².